The van der Waals surface area contributed by atoms with E-state index < -0.39 is 0 Å². The van der Waals surface area contributed by atoms with Crippen LogP contribution in [0.2, 0.25) is 0 Å². The molecule has 56 heavy (non-hydrogen) atoms. The van der Waals surface area contributed by atoms with Crippen molar-refractivity contribution in [3.8, 4) is 33.6 Å². The van der Waals surface area contributed by atoms with Crippen molar-refractivity contribution in [1.82, 2.24) is 9.13 Å². The van der Waals surface area contributed by atoms with E-state index in [1.807, 2.05) is 0 Å². The van der Waals surface area contributed by atoms with Crippen molar-refractivity contribution in [2.24, 2.45) is 0 Å². The highest BCUT2D eigenvalue weighted by atomic mass is 15.0. The minimum Gasteiger partial charge on any atom is -0.309 e. The Morgan fingerprint density at radius 3 is 1.38 bits per heavy atom. The first-order valence-corrected chi connectivity index (χ1v) is 19.4. The molecule has 12 aromatic rings. The summed E-state index contributed by atoms with van der Waals surface area (Å²) in [7, 11) is 0. The predicted octanol–water partition coefficient (Wildman–Crippen LogP) is 14.7. The van der Waals surface area contributed by atoms with E-state index in [4.69, 9.17) is 0 Å². The standard InChI is InChI=1S/C54H34N2/c1-2-13-38(14-3-1)55-51-23-11-9-20-48(51)54-40(21-12-24-52(54)55)35-25-29-39(30-26-35)56-50-22-10-8-19-46(50)47-32-28-37(34-53(47)56)36-27-31-45-43-17-5-4-15-41(43)42-16-6-7-18-44(42)49(45)33-36/h1-34H. The number of rotatable bonds is 4. The Kier molecular flexibility index (Phi) is 6.66. The predicted molar refractivity (Wildman–Crippen MR) is 239 cm³/mol. The van der Waals surface area contributed by atoms with Gasteiger partial charge in [0.1, 0.15) is 0 Å². The van der Waals surface area contributed by atoms with Gasteiger partial charge in [-0.15, -0.1) is 0 Å². The SMILES string of the molecule is c1ccc(-n2c3ccccc3c3c(-c4ccc(-n5c6ccccc6c6ccc(-c7ccc8c9ccccc9c9ccccc9c8c7)cc65)cc4)cccc32)cc1. The fourth-order valence-electron chi connectivity index (χ4n) is 9.42. The largest absolute Gasteiger partial charge is 0.309 e. The quantitative estimate of drug-likeness (QED) is 0.161. The Labute approximate surface area is 323 Å². The van der Waals surface area contributed by atoms with E-state index in [-0.39, 0.29) is 0 Å². The molecule has 0 unspecified atom stereocenters. The molecule has 0 spiro atoms. The number of aromatic nitrogens is 2. The van der Waals surface area contributed by atoms with E-state index in [0.717, 1.165) is 5.69 Å². The maximum Gasteiger partial charge on any atom is 0.0547 e. The molecule has 0 bridgehead atoms. The van der Waals surface area contributed by atoms with Gasteiger partial charge in [0.15, 0.2) is 0 Å². The second kappa shape index (κ2) is 12.0. The summed E-state index contributed by atoms with van der Waals surface area (Å²) in [5.41, 5.74) is 12.0. The lowest BCUT2D eigenvalue weighted by Crippen LogP contribution is -1.94. The number of hydrogen-bond donors (Lipinski definition) is 0. The van der Waals surface area contributed by atoms with Crippen LogP contribution >= 0.6 is 0 Å². The molecule has 10 aromatic carbocycles. The number of nitrogens with zero attached hydrogens (tertiary/aromatic N) is 2. The van der Waals surface area contributed by atoms with E-state index in [9.17, 15) is 0 Å². The third kappa shape index (κ3) is 4.50. The molecular formula is C54H34N2. The van der Waals surface area contributed by atoms with E-state index in [2.05, 4.69) is 215 Å². The summed E-state index contributed by atoms with van der Waals surface area (Å²) in [6, 6.07) is 75.7. The molecule has 0 saturated heterocycles. The van der Waals surface area contributed by atoms with Crippen molar-refractivity contribution >= 4 is 75.9 Å². The highest BCUT2D eigenvalue weighted by molar-refractivity contribution is 6.26. The zero-order valence-electron chi connectivity index (χ0n) is 30.5. The van der Waals surface area contributed by atoms with Gasteiger partial charge < -0.3 is 9.13 Å². The Balaban J connectivity index is 1.02. The van der Waals surface area contributed by atoms with Crippen molar-refractivity contribution in [2.75, 3.05) is 0 Å². The highest BCUT2D eigenvalue weighted by Crippen LogP contribution is 2.41. The molecular weight excluding hydrogens is 677 g/mol. The van der Waals surface area contributed by atoms with E-state index in [0.29, 0.717) is 0 Å². The van der Waals surface area contributed by atoms with Crippen LogP contribution < -0.4 is 0 Å². The van der Waals surface area contributed by atoms with Crippen LogP contribution in [0.25, 0.3) is 110 Å². The third-order valence-electron chi connectivity index (χ3n) is 11.9. The van der Waals surface area contributed by atoms with Crippen LogP contribution in [-0.2, 0) is 0 Å². The molecule has 0 N–H and O–H groups in total. The molecule has 2 nitrogen and oxygen atoms in total. The molecule has 260 valence electrons. The van der Waals surface area contributed by atoms with Crippen LogP contribution in [0.3, 0.4) is 0 Å². The molecule has 12 rings (SSSR count). The average molecular weight is 711 g/mol. The van der Waals surface area contributed by atoms with Gasteiger partial charge in [0.25, 0.3) is 0 Å². The van der Waals surface area contributed by atoms with E-state index in [1.165, 1.54) is 104 Å². The zero-order chi connectivity index (χ0) is 36.7. The molecule has 0 amide bonds. The summed E-state index contributed by atoms with van der Waals surface area (Å²) in [6.07, 6.45) is 0. The highest BCUT2D eigenvalue weighted by Gasteiger charge is 2.18. The van der Waals surface area contributed by atoms with Gasteiger partial charge in [-0.05, 0) is 109 Å². The lowest BCUT2D eigenvalue weighted by Gasteiger charge is -2.13. The maximum atomic E-state index is 2.43. The molecule has 2 heterocycles. The minimum absolute atomic E-state index is 1.15. The third-order valence-corrected chi connectivity index (χ3v) is 11.9. The minimum atomic E-state index is 1.15. The first kappa shape index (κ1) is 31.0. The van der Waals surface area contributed by atoms with Gasteiger partial charge in [-0.3, -0.25) is 0 Å². The van der Waals surface area contributed by atoms with Crippen molar-refractivity contribution in [1.29, 1.82) is 0 Å². The maximum absolute atomic E-state index is 2.43. The molecule has 0 radical (unpaired) electrons. The molecule has 0 atom stereocenters. The molecule has 0 aliphatic heterocycles. The van der Waals surface area contributed by atoms with Crippen molar-refractivity contribution in [3.63, 3.8) is 0 Å². The summed E-state index contributed by atoms with van der Waals surface area (Å²) in [5, 5.41) is 12.8. The molecule has 2 aromatic heterocycles. The Hall–Kier alpha value is -7.42. The molecule has 0 fully saturated rings. The van der Waals surface area contributed by atoms with Gasteiger partial charge in [-0.25, -0.2) is 0 Å². The van der Waals surface area contributed by atoms with Crippen LogP contribution in [0.15, 0.2) is 206 Å². The van der Waals surface area contributed by atoms with E-state index >= 15 is 0 Å². The summed E-state index contributed by atoms with van der Waals surface area (Å²) in [4.78, 5) is 0. The lowest BCUT2D eigenvalue weighted by atomic mass is 9.92. The van der Waals surface area contributed by atoms with Gasteiger partial charge >= 0.3 is 0 Å². The number of fused-ring (bicyclic) bond motifs is 12. The monoisotopic (exact) mass is 710 g/mol. The summed E-state index contributed by atoms with van der Waals surface area (Å²) < 4.78 is 4.82. The van der Waals surface area contributed by atoms with Gasteiger partial charge in [-0.2, -0.15) is 0 Å². The van der Waals surface area contributed by atoms with Crippen LogP contribution in [0.5, 0.6) is 0 Å². The molecule has 2 heteroatoms. The summed E-state index contributed by atoms with van der Waals surface area (Å²) >= 11 is 0. The molecule has 0 aliphatic rings. The second-order valence-corrected chi connectivity index (χ2v) is 14.9. The fourth-order valence-corrected chi connectivity index (χ4v) is 9.42. The topological polar surface area (TPSA) is 9.86 Å². The van der Waals surface area contributed by atoms with E-state index in [1.54, 1.807) is 0 Å². The second-order valence-electron chi connectivity index (χ2n) is 14.9. The van der Waals surface area contributed by atoms with Crippen molar-refractivity contribution < 1.29 is 0 Å². The first-order chi connectivity index (χ1) is 27.8. The fraction of sp³-hybridized carbons (Fsp3) is 0. The Morgan fingerprint density at radius 2 is 0.679 bits per heavy atom. The summed E-state index contributed by atoms with van der Waals surface area (Å²) in [6.45, 7) is 0. The van der Waals surface area contributed by atoms with Crippen LogP contribution in [0, 0.1) is 0 Å². The van der Waals surface area contributed by atoms with Crippen molar-refractivity contribution in [2.45, 2.75) is 0 Å². The molecule has 0 aliphatic carbocycles. The van der Waals surface area contributed by atoms with Gasteiger partial charge in [0.05, 0.1) is 22.1 Å². The van der Waals surface area contributed by atoms with Crippen LogP contribution in [0.1, 0.15) is 0 Å². The smallest absolute Gasteiger partial charge is 0.0547 e. The first-order valence-electron chi connectivity index (χ1n) is 19.4. The van der Waals surface area contributed by atoms with Gasteiger partial charge in [0, 0.05) is 32.9 Å². The average Bonchev–Trinajstić information content (AvgIpc) is 3.79. The van der Waals surface area contributed by atoms with Crippen molar-refractivity contribution in [3.05, 3.63) is 206 Å². The Bertz CT molecular complexity index is 3480. The van der Waals surface area contributed by atoms with Gasteiger partial charge in [0.2, 0.25) is 0 Å². The number of benzene rings is 10. The van der Waals surface area contributed by atoms with Gasteiger partial charge in [-0.1, -0.05) is 152 Å². The molecule has 0 saturated carbocycles. The van der Waals surface area contributed by atoms with Crippen LogP contribution in [0.4, 0.5) is 0 Å². The normalized spacial score (nSPS) is 11.9. The lowest BCUT2D eigenvalue weighted by molar-refractivity contribution is 1.18. The Morgan fingerprint density at radius 1 is 0.232 bits per heavy atom. The van der Waals surface area contributed by atoms with Crippen LogP contribution in [-0.4, -0.2) is 9.13 Å². The number of para-hydroxylation sites is 3. The zero-order valence-corrected chi connectivity index (χ0v) is 30.5. The number of hydrogen-bond acceptors (Lipinski definition) is 0. The summed E-state index contributed by atoms with van der Waals surface area (Å²) in [5.74, 6) is 0.